The molecule has 0 amide bonds. The van der Waals surface area contributed by atoms with E-state index in [0.717, 1.165) is 24.6 Å². The first kappa shape index (κ1) is 25.8. The van der Waals surface area contributed by atoms with E-state index in [1.54, 1.807) is 21.3 Å². The van der Waals surface area contributed by atoms with Gasteiger partial charge in [-0.25, -0.2) is 0 Å². The van der Waals surface area contributed by atoms with Gasteiger partial charge in [0.1, 0.15) is 0 Å². The highest BCUT2D eigenvalue weighted by molar-refractivity contribution is 6.85. The van der Waals surface area contributed by atoms with Crippen LogP contribution in [0.5, 0.6) is 0 Å². The SMILES string of the molecule is CCC[Si](O[SiH](C)C)(O[SiH](C)C)O[Si](C)(C)CC[Si](OC)(OC)OC. The minimum Gasteiger partial charge on any atom is -0.420 e. The molecule has 0 unspecified atom stereocenters. The summed E-state index contributed by atoms with van der Waals surface area (Å²) in [5.41, 5.74) is 0. The fraction of sp³-hybridized carbons (Fsp3) is 1.00. The summed E-state index contributed by atoms with van der Waals surface area (Å²) in [5.74, 6) is 0. The van der Waals surface area contributed by atoms with Crippen LogP contribution in [-0.2, 0) is 25.6 Å². The van der Waals surface area contributed by atoms with E-state index in [2.05, 4.69) is 46.2 Å². The summed E-state index contributed by atoms with van der Waals surface area (Å²) < 4.78 is 36.4. The van der Waals surface area contributed by atoms with Crippen molar-refractivity contribution in [3.8, 4) is 0 Å². The molecule has 0 aliphatic carbocycles. The molecule has 6 nitrogen and oxygen atoms in total. The van der Waals surface area contributed by atoms with Gasteiger partial charge in [-0.2, -0.15) is 0 Å². The first-order valence-corrected chi connectivity index (χ1v) is 21.7. The van der Waals surface area contributed by atoms with Crippen molar-refractivity contribution in [3.05, 3.63) is 0 Å². The summed E-state index contributed by atoms with van der Waals surface area (Å²) in [5, 5.41) is 0. The third kappa shape index (κ3) is 9.55. The van der Waals surface area contributed by atoms with Crippen LogP contribution in [0.15, 0.2) is 0 Å². The molecule has 0 rings (SSSR count). The van der Waals surface area contributed by atoms with Gasteiger partial charge in [0.15, 0.2) is 26.4 Å². The van der Waals surface area contributed by atoms with E-state index in [1.807, 2.05) is 0 Å². The second-order valence-corrected chi connectivity index (χ2v) is 23.3. The fourth-order valence-corrected chi connectivity index (χ4v) is 21.0. The van der Waals surface area contributed by atoms with Gasteiger partial charge in [0.2, 0.25) is 0 Å². The highest BCUT2D eigenvalue weighted by Crippen LogP contribution is 2.29. The Kier molecular flexibility index (Phi) is 12.0. The Morgan fingerprint density at radius 3 is 1.44 bits per heavy atom. The van der Waals surface area contributed by atoms with Crippen molar-refractivity contribution in [3.63, 3.8) is 0 Å². The zero-order valence-corrected chi connectivity index (χ0v) is 23.2. The molecular formula is C14H40O6Si5. The van der Waals surface area contributed by atoms with Crippen LogP contribution >= 0.6 is 0 Å². The standard InChI is InChI=1S/C14H40O6Si5/c1-11-12-25(18-21(5)6,19-22(7)8)20-23(9,10)13-14-24(15-2,16-3)17-4/h21-22H,11-14H2,1-10H3. The van der Waals surface area contributed by atoms with Crippen LogP contribution in [0, 0.1) is 0 Å². The third-order valence-electron chi connectivity index (χ3n) is 3.78. The second-order valence-electron chi connectivity index (χ2n) is 7.42. The monoisotopic (exact) mass is 444 g/mol. The molecule has 0 aromatic carbocycles. The van der Waals surface area contributed by atoms with Crippen molar-refractivity contribution in [2.45, 2.75) is 70.8 Å². The van der Waals surface area contributed by atoms with Crippen LogP contribution in [0.1, 0.15) is 13.3 Å². The van der Waals surface area contributed by atoms with E-state index in [-0.39, 0.29) is 0 Å². The molecule has 0 fully saturated rings. The van der Waals surface area contributed by atoms with Crippen LogP contribution in [0.4, 0.5) is 0 Å². The predicted octanol–water partition coefficient (Wildman–Crippen LogP) is 3.44. The maximum atomic E-state index is 6.77. The van der Waals surface area contributed by atoms with E-state index in [0.29, 0.717) is 0 Å². The highest BCUT2D eigenvalue weighted by Gasteiger charge is 2.48. The molecule has 0 N–H and O–H groups in total. The van der Waals surface area contributed by atoms with E-state index in [1.165, 1.54) is 0 Å². The number of hydrogen-bond acceptors (Lipinski definition) is 6. The summed E-state index contributed by atoms with van der Waals surface area (Å²) in [7, 11) is -4.74. The Hall–Kier alpha value is 0.844. The smallest absolute Gasteiger partial charge is 0.420 e. The van der Waals surface area contributed by atoms with E-state index in [9.17, 15) is 0 Å². The van der Waals surface area contributed by atoms with Gasteiger partial charge in [-0.15, -0.1) is 0 Å². The number of hydrogen-bond donors (Lipinski definition) is 0. The van der Waals surface area contributed by atoms with Crippen LogP contribution in [0.2, 0.25) is 57.4 Å². The van der Waals surface area contributed by atoms with E-state index >= 15 is 0 Å². The lowest BCUT2D eigenvalue weighted by atomic mass is 10.6. The first-order chi connectivity index (χ1) is 11.5. The van der Waals surface area contributed by atoms with Gasteiger partial charge in [-0.05, 0) is 45.3 Å². The van der Waals surface area contributed by atoms with Crippen molar-refractivity contribution in [2.75, 3.05) is 21.3 Å². The van der Waals surface area contributed by atoms with Gasteiger partial charge < -0.3 is 25.6 Å². The zero-order chi connectivity index (χ0) is 19.7. The maximum absolute atomic E-state index is 6.77. The summed E-state index contributed by atoms with van der Waals surface area (Å²) in [4.78, 5) is 0. The lowest BCUT2D eigenvalue weighted by Crippen LogP contribution is -2.57. The average molecular weight is 445 g/mol. The van der Waals surface area contributed by atoms with Gasteiger partial charge in [-0.1, -0.05) is 13.3 Å². The lowest BCUT2D eigenvalue weighted by molar-refractivity contribution is 0.124. The molecule has 0 radical (unpaired) electrons. The molecule has 11 heteroatoms. The minimum absolute atomic E-state index is 0.755. The van der Waals surface area contributed by atoms with Crippen LogP contribution in [0.25, 0.3) is 0 Å². The molecule has 0 spiro atoms. The summed E-state index contributed by atoms with van der Waals surface area (Å²) >= 11 is 0. The molecule has 0 aromatic heterocycles. The molecule has 152 valence electrons. The molecular weight excluding hydrogens is 405 g/mol. The minimum atomic E-state index is -2.61. The van der Waals surface area contributed by atoms with E-state index in [4.69, 9.17) is 25.6 Å². The molecule has 0 aliphatic rings. The second kappa shape index (κ2) is 11.6. The molecule has 25 heavy (non-hydrogen) atoms. The molecule has 0 heterocycles. The maximum Gasteiger partial charge on any atom is 0.499 e. The predicted molar refractivity (Wildman–Crippen MR) is 116 cm³/mol. The van der Waals surface area contributed by atoms with E-state index < -0.39 is 44.0 Å². The molecule has 0 aliphatic heterocycles. The topological polar surface area (TPSA) is 55.4 Å². The van der Waals surface area contributed by atoms with Gasteiger partial charge in [0.25, 0.3) is 0 Å². The quantitative estimate of drug-likeness (QED) is 0.383. The lowest BCUT2D eigenvalue weighted by Gasteiger charge is -2.40. The Morgan fingerprint density at radius 1 is 0.680 bits per heavy atom. The van der Waals surface area contributed by atoms with Crippen molar-refractivity contribution >= 4 is 44.0 Å². The number of rotatable bonds is 14. The zero-order valence-electron chi connectivity index (χ0n) is 17.9. The van der Waals surface area contributed by atoms with Gasteiger partial charge >= 0.3 is 17.6 Å². The first-order valence-electron chi connectivity index (χ1n) is 9.20. The Morgan fingerprint density at radius 2 is 1.12 bits per heavy atom. The van der Waals surface area contributed by atoms with Crippen molar-refractivity contribution < 1.29 is 25.6 Å². The van der Waals surface area contributed by atoms with Crippen molar-refractivity contribution in [1.82, 2.24) is 0 Å². The van der Waals surface area contributed by atoms with Crippen molar-refractivity contribution in [2.24, 2.45) is 0 Å². The molecule has 0 saturated carbocycles. The average Bonchev–Trinajstić information content (AvgIpc) is 2.47. The largest absolute Gasteiger partial charge is 0.499 e. The van der Waals surface area contributed by atoms with Crippen molar-refractivity contribution in [1.29, 1.82) is 0 Å². The summed E-state index contributed by atoms with van der Waals surface area (Å²) in [6.45, 7) is 15.4. The normalized spacial score (nSPS) is 13.9. The highest BCUT2D eigenvalue weighted by atomic mass is 28.5. The fourth-order valence-electron chi connectivity index (χ4n) is 2.75. The molecule has 0 saturated heterocycles. The Balaban J connectivity index is 5.27. The van der Waals surface area contributed by atoms with Gasteiger partial charge in [0.05, 0.1) is 0 Å². The Labute approximate surface area is 161 Å². The summed E-state index contributed by atoms with van der Waals surface area (Å²) in [6, 6.07) is 2.56. The van der Waals surface area contributed by atoms with Crippen LogP contribution < -0.4 is 0 Å². The molecule has 0 atom stereocenters. The van der Waals surface area contributed by atoms with Crippen LogP contribution in [-0.4, -0.2) is 65.3 Å². The van der Waals surface area contributed by atoms with Gasteiger partial charge in [0, 0.05) is 33.4 Å². The molecule has 0 bridgehead atoms. The van der Waals surface area contributed by atoms with Gasteiger partial charge in [-0.3, -0.25) is 0 Å². The van der Waals surface area contributed by atoms with Crippen LogP contribution in [0.3, 0.4) is 0 Å². The molecule has 0 aromatic rings. The third-order valence-corrected chi connectivity index (χ3v) is 19.7. The Bertz CT molecular complexity index is 347. The summed E-state index contributed by atoms with van der Waals surface area (Å²) in [6.07, 6.45) is 1.02.